The first-order chi connectivity index (χ1) is 12.2. The third-order valence-corrected chi connectivity index (χ3v) is 4.79. The van der Waals surface area contributed by atoms with Gasteiger partial charge in [-0.2, -0.15) is 4.98 Å². The Morgan fingerprint density at radius 2 is 1.96 bits per heavy atom. The van der Waals surface area contributed by atoms with E-state index in [1.54, 1.807) is 6.92 Å². The van der Waals surface area contributed by atoms with Crippen LogP contribution in [0.15, 0.2) is 62.9 Å². The molecule has 0 amide bonds. The first kappa shape index (κ1) is 15.7. The van der Waals surface area contributed by atoms with E-state index in [1.807, 2.05) is 54.6 Å². The maximum absolute atomic E-state index is 12.4. The van der Waals surface area contributed by atoms with Gasteiger partial charge in [-0.15, -0.1) is 0 Å². The number of ether oxygens (including phenoxy) is 1. The van der Waals surface area contributed by atoms with Crippen LogP contribution < -0.4 is 4.74 Å². The summed E-state index contributed by atoms with van der Waals surface area (Å²) in [4.78, 5) is 18.2. The van der Waals surface area contributed by atoms with Gasteiger partial charge in [0.25, 0.3) is 0 Å². The molecule has 4 rings (SSSR count). The van der Waals surface area contributed by atoms with Crippen molar-refractivity contribution in [2.45, 2.75) is 18.4 Å². The molecule has 0 saturated heterocycles. The molecule has 124 valence electrons. The van der Waals surface area contributed by atoms with Crippen LogP contribution in [0.25, 0.3) is 6.08 Å². The number of benzene rings is 2. The Bertz CT molecular complexity index is 961. The first-order valence-electron chi connectivity index (χ1n) is 7.74. The van der Waals surface area contributed by atoms with Crippen molar-refractivity contribution in [3.05, 3.63) is 76.3 Å². The van der Waals surface area contributed by atoms with Crippen molar-refractivity contribution in [1.29, 1.82) is 0 Å². The van der Waals surface area contributed by atoms with Crippen LogP contribution in [-0.2, 0) is 6.61 Å². The highest BCUT2D eigenvalue weighted by atomic mass is 32.2. The quantitative estimate of drug-likeness (QED) is 0.654. The maximum atomic E-state index is 12.4. The number of ketones is 1. The lowest BCUT2D eigenvalue weighted by molar-refractivity contribution is 0.104. The summed E-state index contributed by atoms with van der Waals surface area (Å²) in [6.07, 6.45) is 1.90. The molecule has 1 aliphatic heterocycles. The van der Waals surface area contributed by atoms with Gasteiger partial charge < -0.3 is 9.26 Å². The van der Waals surface area contributed by atoms with Gasteiger partial charge in [-0.3, -0.25) is 4.79 Å². The number of rotatable bonds is 4. The SMILES string of the molecule is Cc1nc(COc2ccc(/C=C3/Sc4ccccc4C3=O)cc2)no1. The zero-order valence-corrected chi connectivity index (χ0v) is 14.2. The lowest BCUT2D eigenvalue weighted by atomic mass is 10.1. The number of fused-ring (bicyclic) bond motifs is 1. The summed E-state index contributed by atoms with van der Waals surface area (Å²) in [6.45, 7) is 1.99. The van der Waals surface area contributed by atoms with Gasteiger partial charge in [-0.1, -0.05) is 41.2 Å². The molecule has 0 unspecified atom stereocenters. The van der Waals surface area contributed by atoms with E-state index in [2.05, 4.69) is 10.1 Å². The average molecular weight is 350 g/mol. The Hall–Kier alpha value is -2.86. The zero-order chi connectivity index (χ0) is 17.2. The van der Waals surface area contributed by atoms with Gasteiger partial charge >= 0.3 is 0 Å². The second kappa shape index (κ2) is 6.57. The molecule has 0 N–H and O–H groups in total. The molecule has 5 nitrogen and oxygen atoms in total. The van der Waals surface area contributed by atoms with E-state index >= 15 is 0 Å². The van der Waals surface area contributed by atoms with Gasteiger partial charge in [0.1, 0.15) is 5.75 Å². The molecule has 6 heteroatoms. The van der Waals surface area contributed by atoms with Crippen LogP contribution in [-0.4, -0.2) is 15.9 Å². The molecule has 0 fully saturated rings. The van der Waals surface area contributed by atoms with Crippen molar-refractivity contribution < 1.29 is 14.1 Å². The fraction of sp³-hybridized carbons (Fsp3) is 0.105. The Morgan fingerprint density at radius 1 is 1.16 bits per heavy atom. The Balaban J connectivity index is 1.45. The first-order valence-corrected chi connectivity index (χ1v) is 8.56. The minimum atomic E-state index is 0.0772. The maximum Gasteiger partial charge on any atom is 0.223 e. The number of hydrogen-bond acceptors (Lipinski definition) is 6. The number of allylic oxidation sites excluding steroid dienone is 1. The van der Waals surface area contributed by atoms with E-state index in [9.17, 15) is 4.79 Å². The summed E-state index contributed by atoms with van der Waals surface area (Å²) >= 11 is 1.51. The smallest absolute Gasteiger partial charge is 0.223 e. The second-order valence-electron chi connectivity index (χ2n) is 5.52. The summed E-state index contributed by atoms with van der Waals surface area (Å²) in [7, 11) is 0. The summed E-state index contributed by atoms with van der Waals surface area (Å²) in [5.41, 5.74) is 1.72. The molecule has 0 spiro atoms. The molecule has 0 atom stereocenters. The van der Waals surface area contributed by atoms with E-state index in [1.165, 1.54) is 11.8 Å². The Morgan fingerprint density at radius 3 is 2.68 bits per heavy atom. The molecule has 2 aromatic carbocycles. The van der Waals surface area contributed by atoms with Crippen molar-refractivity contribution in [2.24, 2.45) is 0 Å². The molecule has 1 aliphatic rings. The summed E-state index contributed by atoms with van der Waals surface area (Å²) in [5.74, 6) is 1.81. The predicted molar refractivity (Wildman–Crippen MR) is 94.4 cm³/mol. The summed E-state index contributed by atoms with van der Waals surface area (Å²) < 4.78 is 10.5. The number of carbonyl (C=O) groups is 1. The van der Waals surface area contributed by atoms with Crippen LogP contribution in [0.5, 0.6) is 5.75 Å². The van der Waals surface area contributed by atoms with E-state index in [4.69, 9.17) is 9.26 Å². The highest BCUT2D eigenvalue weighted by molar-refractivity contribution is 8.04. The molecule has 25 heavy (non-hydrogen) atoms. The number of aromatic nitrogens is 2. The van der Waals surface area contributed by atoms with Crippen LogP contribution in [0.3, 0.4) is 0 Å². The van der Waals surface area contributed by atoms with Gasteiger partial charge in [0, 0.05) is 17.4 Å². The van der Waals surface area contributed by atoms with E-state index in [0.717, 1.165) is 20.9 Å². The molecule has 0 bridgehead atoms. The number of hydrogen-bond donors (Lipinski definition) is 0. The van der Waals surface area contributed by atoms with Gasteiger partial charge in [0.15, 0.2) is 6.61 Å². The lowest BCUT2D eigenvalue weighted by Crippen LogP contribution is -1.97. The van der Waals surface area contributed by atoms with Crippen molar-refractivity contribution >= 4 is 23.6 Å². The van der Waals surface area contributed by atoms with Crippen LogP contribution >= 0.6 is 11.8 Å². The molecular formula is C19H14N2O3S. The average Bonchev–Trinajstić information content (AvgIpc) is 3.18. The molecule has 3 aromatic rings. The normalized spacial score (nSPS) is 14.8. The molecule has 2 heterocycles. The number of thioether (sulfide) groups is 1. The number of aryl methyl sites for hydroxylation is 1. The Labute approximate surface area is 148 Å². The number of carbonyl (C=O) groups excluding carboxylic acids is 1. The van der Waals surface area contributed by atoms with Crippen molar-refractivity contribution in [3.8, 4) is 5.75 Å². The third-order valence-electron chi connectivity index (χ3n) is 3.69. The highest BCUT2D eigenvalue weighted by Gasteiger charge is 2.24. The largest absolute Gasteiger partial charge is 0.485 e. The van der Waals surface area contributed by atoms with Gasteiger partial charge in [0.05, 0.1) is 4.91 Å². The minimum absolute atomic E-state index is 0.0772. The third kappa shape index (κ3) is 3.34. The monoisotopic (exact) mass is 350 g/mol. The highest BCUT2D eigenvalue weighted by Crippen LogP contribution is 2.40. The van der Waals surface area contributed by atoms with Crippen LogP contribution in [0.1, 0.15) is 27.6 Å². The topological polar surface area (TPSA) is 65.2 Å². The molecule has 0 saturated carbocycles. The Kier molecular flexibility index (Phi) is 4.11. The fourth-order valence-electron chi connectivity index (χ4n) is 2.50. The van der Waals surface area contributed by atoms with Gasteiger partial charge in [-0.05, 0) is 35.9 Å². The zero-order valence-electron chi connectivity index (χ0n) is 13.4. The van der Waals surface area contributed by atoms with Crippen LogP contribution in [0, 0.1) is 6.92 Å². The van der Waals surface area contributed by atoms with Gasteiger partial charge in [0.2, 0.25) is 17.5 Å². The van der Waals surface area contributed by atoms with Crippen molar-refractivity contribution in [3.63, 3.8) is 0 Å². The molecule has 1 aromatic heterocycles. The predicted octanol–water partition coefficient (Wildman–Crippen LogP) is 4.29. The van der Waals surface area contributed by atoms with E-state index in [-0.39, 0.29) is 12.4 Å². The second-order valence-corrected chi connectivity index (χ2v) is 6.61. The van der Waals surface area contributed by atoms with Gasteiger partial charge in [-0.25, -0.2) is 0 Å². The minimum Gasteiger partial charge on any atom is -0.485 e. The van der Waals surface area contributed by atoms with Crippen molar-refractivity contribution in [1.82, 2.24) is 10.1 Å². The summed E-state index contributed by atoms with van der Waals surface area (Å²) in [6, 6.07) is 15.2. The molecule has 0 aliphatic carbocycles. The van der Waals surface area contributed by atoms with Crippen LogP contribution in [0.2, 0.25) is 0 Å². The van der Waals surface area contributed by atoms with Crippen LogP contribution in [0.4, 0.5) is 0 Å². The molecule has 0 radical (unpaired) electrons. The number of nitrogens with zero attached hydrogens (tertiary/aromatic N) is 2. The molecular weight excluding hydrogens is 336 g/mol. The van der Waals surface area contributed by atoms with Crippen molar-refractivity contribution in [2.75, 3.05) is 0 Å². The number of Topliss-reactive ketones (excluding diaryl/α,β-unsaturated/α-hetero) is 1. The van der Waals surface area contributed by atoms with E-state index in [0.29, 0.717) is 17.5 Å². The summed E-state index contributed by atoms with van der Waals surface area (Å²) in [5, 5.41) is 3.78. The fourth-order valence-corrected chi connectivity index (χ4v) is 3.55. The van der Waals surface area contributed by atoms with E-state index < -0.39 is 0 Å². The standard InChI is InChI=1S/C19H14N2O3S/c1-12-20-18(21-24-12)11-23-14-8-6-13(7-9-14)10-17-19(22)15-4-2-3-5-16(15)25-17/h2-10H,11H2,1H3/b17-10+. The lowest BCUT2D eigenvalue weighted by Gasteiger charge is -2.03.